The van der Waals surface area contributed by atoms with E-state index in [-0.39, 0.29) is 5.69 Å². The van der Waals surface area contributed by atoms with Crippen molar-refractivity contribution in [3.05, 3.63) is 35.7 Å². The summed E-state index contributed by atoms with van der Waals surface area (Å²) in [5, 5.41) is 12.0. The topological polar surface area (TPSA) is 62.2 Å². The molecule has 0 spiro atoms. The molecule has 0 fully saturated rings. The molecule has 0 aliphatic carbocycles. The Kier molecular flexibility index (Phi) is 2.78. The number of carbonyl (C=O) groups is 1. The Morgan fingerprint density at radius 3 is 3.07 bits per heavy atom. The number of nitrogens with zero attached hydrogens (tertiary/aromatic N) is 1. The van der Waals surface area contributed by atoms with Gasteiger partial charge in [0, 0.05) is 12.7 Å². The average Bonchev–Trinajstić information content (AvgIpc) is 2.30. The molecule has 2 N–H and O–H groups in total. The third-order valence-electron chi connectivity index (χ3n) is 2.41. The van der Waals surface area contributed by atoms with E-state index < -0.39 is 5.97 Å². The molecule has 0 radical (unpaired) electrons. The summed E-state index contributed by atoms with van der Waals surface area (Å²) in [6, 6.07) is 3.48. The van der Waals surface area contributed by atoms with E-state index in [1.165, 1.54) is 5.57 Å². The molecule has 0 atom stereocenters. The number of nitrogens with one attached hydrogen (secondary N) is 1. The molecule has 0 bridgehead atoms. The van der Waals surface area contributed by atoms with E-state index in [4.69, 9.17) is 5.11 Å². The summed E-state index contributed by atoms with van der Waals surface area (Å²) >= 11 is 0. The molecule has 2 heterocycles. The summed E-state index contributed by atoms with van der Waals surface area (Å²) < 4.78 is 0. The van der Waals surface area contributed by atoms with Gasteiger partial charge in [0.25, 0.3) is 0 Å². The quantitative estimate of drug-likeness (QED) is 0.758. The van der Waals surface area contributed by atoms with Crippen molar-refractivity contribution in [2.24, 2.45) is 0 Å². The van der Waals surface area contributed by atoms with Gasteiger partial charge >= 0.3 is 5.97 Å². The Balaban J connectivity index is 2.31. The molecule has 1 aromatic rings. The molecule has 0 aromatic carbocycles. The summed E-state index contributed by atoms with van der Waals surface area (Å²) in [6.07, 6.45) is 4.56. The van der Waals surface area contributed by atoms with Crippen molar-refractivity contribution in [2.75, 3.05) is 13.1 Å². The minimum absolute atomic E-state index is 0.104. The lowest BCUT2D eigenvalue weighted by atomic mass is 10.0. The van der Waals surface area contributed by atoms with Crippen LogP contribution in [0.4, 0.5) is 0 Å². The van der Waals surface area contributed by atoms with E-state index in [9.17, 15) is 4.79 Å². The van der Waals surface area contributed by atoms with E-state index in [0.717, 1.165) is 25.1 Å². The van der Waals surface area contributed by atoms with Gasteiger partial charge in [-0.3, -0.25) is 0 Å². The first-order valence-electron chi connectivity index (χ1n) is 4.87. The van der Waals surface area contributed by atoms with Gasteiger partial charge in [-0.1, -0.05) is 6.08 Å². The third kappa shape index (κ3) is 2.22. The Labute approximate surface area is 87.7 Å². The summed E-state index contributed by atoms with van der Waals surface area (Å²) in [4.78, 5) is 14.5. The first-order valence-corrected chi connectivity index (χ1v) is 4.87. The van der Waals surface area contributed by atoms with Crippen LogP contribution in [0.25, 0.3) is 5.57 Å². The fraction of sp³-hybridized carbons (Fsp3) is 0.273. The Bertz CT molecular complexity index is 413. The SMILES string of the molecule is O=C(O)c1cc(C2=CCNCC2)ccn1. The minimum atomic E-state index is -0.980. The smallest absolute Gasteiger partial charge is 0.354 e. The predicted octanol–water partition coefficient (Wildman–Crippen LogP) is 1.16. The summed E-state index contributed by atoms with van der Waals surface area (Å²) in [5.41, 5.74) is 2.26. The summed E-state index contributed by atoms with van der Waals surface area (Å²) in [7, 11) is 0. The van der Waals surface area contributed by atoms with E-state index in [0.29, 0.717) is 0 Å². The second-order valence-corrected chi connectivity index (χ2v) is 3.42. The van der Waals surface area contributed by atoms with Crippen molar-refractivity contribution in [1.29, 1.82) is 0 Å². The van der Waals surface area contributed by atoms with Crippen LogP contribution in [0.3, 0.4) is 0 Å². The van der Waals surface area contributed by atoms with Crippen molar-refractivity contribution in [3.63, 3.8) is 0 Å². The van der Waals surface area contributed by atoms with Crippen LogP contribution in [0.2, 0.25) is 0 Å². The van der Waals surface area contributed by atoms with Gasteiger partial charge in [-0.15, -0.1) is 0 Å². The van der Waals surface area contributed by atoms with Crippen molar-refractivity contribution in [2.45, 2.75) is 6.42 Å². The highest BCUT2D eigenvalue weighted by molar-refractivity contribution is 5.86. The lowest BCUT2D eigenvalue weighted by Crippen LogP contribution is -2.20. The second kappa shape index (κ2) is 4.23. The van der Waals surface area contributed by atoms with Gasteiger partial charge in [-0.2, -0.15) is 0 Å². The Hall–Kier alpha value is -1.68. The van der Waals surface area contributed by atoms with Gasteiger partial charge < -0.3 is 10.4 Å². The molecule has 1 aliphatic heterocycles. The number of hydrogen-bond acceptors (Lipinski definition) is 3. The average molecular weight is 204 g/mol. The molecule has 2 rings (SSSR count). The molecule has 1 aromatic heterocycles. The summed E-state index contributed by atoms with van der Waals surface area (Å²) in [6.45, 7) is 1.79. The number of carboxylic acids is 1. The van der Waals surface area contributed by atoms with E-state index >= 15 is 0 Å². The first-order chi connectivity index (χ1) is 7.27. The maximum absolute atomic E-state index is 10.7. The monoisotopic (exact) mass is 204 g/mol. The highest BCUT2D eigenvalue weighted by Gasteiger charge is 2.09. The predicted molar refractivity (Wildman–Crippen MR) is 56.7 cm³/mol. The van der Waals surface area contributed by atoms with E-state index in [1.807, 2.05) is 6.07 Å². The number of rotatable bonds is 2. The molecular weight excluding hydrogens is 192 g/mol. The largest absolute Gasteiger partial charge is 0.477 e. The highest BCUT2D eigenvalue weighted by atomic mass is 16.4. The first kappa shape index (κ1) is 9.86. The van der Waals surface area contributed by atoms with Crippen LogP contribution < -0.4 is 5.32 Å². The molecular formula is C11H12N2O2. The van der Waals surface area contributed by atoms with Gasteiger partial charge in [-0.25, -0.2) is 9.78 Å². The number of aromatic carboxylic acids is 1. The molecule has 1 aliphatic rings. The van der Waals surface area contributed by atoms with Gasteiger partial charge in [0.15, 0.2) is 0 Å². The number of hydrogen-bond donors (Lipinski definition) is 2. The normalized spacial score (nSPS) is 15.9. The van der Waals surface area contributed by atoms with E-state index in [1.54, 1.807) is 12.3 Å². The standard InChI is InChI=1S/C11H12N2O2/c14-11(15)10-7-9(3-6-13-10)8-1-4-12-5-2-8/h1,3,6-7,12H,2,4-5H2,(H,14,15). The fourth-order valence-electron chi connectivity index (χ4n) is 1.63. The number of aromatic nitrogens is 1. The van der Waals surface area contributed by atoms with Crippen molar-refractivity contribution in [1.82, 2.24) is 10.3 Å². The molecule has 0 saturated carbocycles. The molecule has 0 unspecified atom stereocenters. The van der Waals surface area contributed by atoms with Gasteiger partial charge in [0.1, 0.15) is 5.69 Å². The van der Waals surface area contributed by atoms with Crippen LogP contribution in [-0.2, 0) is 0 Å². The number of carboxylic acid groups (broad SMARTS) is 1. The van der Waals surface area contributed by atoms with Crippen molar-refractivity contribution in [3.8, 4) is 0 Å². The third-order valence-corrected chi connectivity index (χ3v) is 2.41. The highest BCUT2D eigenvalue weighted by Crippen LogP contribution is 2.19. The van der Waals surface area contributed by atoms with Crippen LogP contribution in [-0.4, -0.2) is 29.1 Å². The molecule has 15 heavy (non-hydrogen) atoms. The molecule has 4 heteroatoms. The van der Waals surface area contributed by atoms with Crippen LogP contribution in [0.15, 0.2) is 24.4 Å². The Morgan fingerprint density at radius 1 is 1.53 bits per heavy atom. The zero-order valence-corrected chi connectivity index (χ0v) is 8.23. The van der Waals surface area contributed by atoms with Crippen LogP contribution in [0, 0.1) is 0 Å². The van der Waals surface area contributed by atoms with E-state index in [2.05, 4.69) is 16.4 Å². The Morgan fingerprint density at radius 2 is 2.40 bits per heavy atom. The zero-order chi connectivity index (χ0) is 10.7. The maximum atomic E-state index is 10.7. The minimum Gasteiger partial charge on any atom is -0.477 e. The molecule has 4 nitrogen and oxygen atoms in total. The van der Waals surface area contributed by atoms with Crippen LogP contribution >= 0.6 is 0 Å². The molecule has 0 saturated heterocycles. The lowest BCUT2D eigenvalue weighted by Gasteiger charge is -2.14. The fourth-order valence-corrected chi connectivity index (χ4v) is 1.63. The van der Waals surface area contributed by atoms with Crippen LogP contribution in [0.5, 0.6) is 0 Å². The summed E-state index contributed by atoms with van der Waals surface area (Å²) in [5.74, 6) is -0.980. The van der Waals surface area contributed by atoms with Crippen molar-refractivity contribution < 1.29 is 9.90 Å². The van der Waals surface area contributed by atoms with Gasteiger partial charge in [-0.05, 0) is 36.2 Å². The maximum Gasteiger partial charge on any atom is 0.354 e. The second-order valence-electron chi connectivity index (χ2n) is 3.42. The number of pyridine rings is 1. The van der Waals surface area contributed by atoms with Crippen LogP contribution in [0.1, 0.15) is 22.5 Å². The zero-order valence-electron chi connectivity index (χ0n) is 8.23. The lowest BCUT2D eigenvalue weighted by molar-refractivity contribution is 0.0690. The molecule has 0 amide bonds. The van der Waals surface area contributed by atoms with Gasteiger partial charge in [0.2, 0.25) is 0 Å². The van der Waals surface area contributed by atoms with Gasteiger partial charge in [0.05, 0.1) is 0 Å². The van der Waals surface area contributed by atoms with Crippen molar-refractivity contribution >= 4 is 11.5 Å². The molecule has 78 valence electrons.